The van der Waals surface area contributed by atoms with Gasteiger partial charge in [-0.1, -0.05) is 18.2 Å². The lowest BCUT2D eigenvalue weighted by Crippen LogP contribution is -2.22. The maximum Gasteiger partial charge on any atom is 0.263 e. The Morgan fingerprint density at radius 3 is 2.75 bits per heavy atom. The lowest BCUT2D eigenvalue weighted by Gasteiger charge is -2.06. The molecule has 0 aliphatic carbocycles. The van der Waals surface area contributed by atoms with Gasteiger partial charge in [0.2, 0.25) is 0 Å². The number of nitrogens with zero attached hydrogens (tertiary/aromatic N) is 1. The standard InChI is InChI=1S/C22H23N3O2S/c1-3-27-19-8-6-16(7-9-19)22-25-14(2)20(28-22)21(26)24-11-15-4-5-17-12-23-13-18(17)10-15/h4-10,23H,3,11-13H2,1-2H3,(H,24,26). The average Bonchev–Trinajstić information content (AvgIpc) is 3.33. The van der Waals surface area contributed by atoms with Crippen molar-refractivity contribution in [3.05, 3.63) is 69.7 Å². The number of hydrogen-bond donors (Lipinski definition) is 2. The minimum absolute atomic E-state index is 0.0780. The first-order valence-corrected chi connectivity index (χ1v) is 10.3. The highest BCUT2D eigenvalue weighted by Crippen LogP contribution is 2.29. The van der Waals surface area contributed by atoms with Gasteiger partial charge in [0.05, 0.1) is 12.3 Å². The van der Waals surface area contributed by atoms with E-state index in [2.05, 4.69) is 33.8 Å². The highest BCUT2D eigenvalue weighted by Gasteiger charge is 2.17. The number of ether oxygens (including phenoxy) is 1. The van der Waals surface area contributed by atoms with Crippen LogP contribution in [0.15, 0.2) is 42.5 Å². The molecule has 0 atom stereocenters. The topological polar surface area (TPSA) is 63.2 Å². The summed E-state index contributed by atoms with van der Waals surface area (Å²) in [6.07, 6.45) is 0. The Labute approximate surface area is 168 Å². The van der Waals surface area contributed by atoms with E-state index < -0.39 is 0 Å². The Hall–Kier alpha value is -2.70. The summed E-state index contributed by atoms with van der Waals surface area (Å²) in [6.45, 7) is 6.82. The van der Waals surface area contributed by atoms with Gasteiger partial charge in [0.25, 0.3) is 5.91 Å². The molecule has 0 fully saturated rings. The summed E-state index contributed by atoms with van der Waals surface area (Å²) in [5, 5.41) is 7.21. The van der Waals surface area contributed by atoms with Gasteiger partial charge in [0.15, 0.2) is 0 Å². The van der Waals surface area contributed by atoms with E-state index in [1.165, 1.54) is 22.5 Å². The molecule has 28 heavy (non-hydrogen) atoms. The molecule has 2 N–H and O–H groups in total. The van der Waals surface area contributed by atoms with Gasteiger partial charge in [-0.3, -0.25) is 4.79 Å². The van der Waals surface area contributed by atoms with E-state index in [0.717, 1.165) is 40.7 Å². The van der Waals surface area contributed by atoms with Crippen molar-refractivity contribution in [2.24, 2.45) is 0 Å². The summed E-state index contributed by atoms with van der Waals surface area (Å²) in [4.78, 5) is 17.9. The number of carbonyl (C=O) groups is 1. The largest absolute Gasteiger partial charge is 0.494 e. The first kappa shape index (κ1) is 18.7. The van der Waals surface area contributed by atoms with Crippen LogP contribution in [0.1, 0.15) is 39.0 Å². The van der Waals surface area contributed by atoms with Crippen LogP contribution in [0.2, 0.25) is 0 Å². The zero-order valence-electron chi connectivity index (χ0n) is 16.0. The summed E-state index contributed by atoms with van der Waals surface area (Å²) in [6, 6.07) is 14.2. The summed E-state index contributed by atoms with van der Waals surface area (Å²) in [5.74, 6) is 0.757. The van der Waals surface area contributed by atoms with Gasteiger partial charge in [-0.25, -0.2) is 4.98 Å². The van der Waals surface area contributed by atoms with E-state index in [9.17, 15) is 4.79 Å². The average molecular weight is 394 g/mol. The summed E-state index contributed by atoms with van der Waals surface area (Å²) >= 11 is 1.42. The third-order valence-corrected chi connectivity index (χ3v) is 5.98. The number of carbonyl (C=O) groups excluding carboxylic acids is 1. The molecule has 1 amide bonds. The number of nitrogens with one attached hydrogen (secondary N) is 2. The molecule has 3 aromatic rings. The highest BCUT2D eigenvalue weighted by molar-refractivity contribution is 7.17. The van der Waals surface area contributed by atoms with Gasteiger partial charge in [-0.15, -0.1) is 11.3 Å². The third-order valence-electron chi connectivity index (χ3n) is 4.77. The van der Waals surface area contributed by atoms with Crippen molar-refractivity contribution >= 4 is 17.2 Å². The molecule has 0 unspecified atom stereocenters. The number of aryl methyl sites for hydroxylation is 1. The number of fused-ring (bicyclic) bond motifs is 1. The molecule has 5 nitrogen and oxygen atoms in total. The molecule has 0 spiro atoms. The zero-order valence-corrected chi connectivity index (χ0v) is 16.9. The molecular weight excluding hydrogens is 370 g/mol. The number of benzene rings is 2. The van der Waals surface area contributed by atoms with Crippen molar-refractivity contribution < 1.29 is 9.53 Å². The Morgan fingerprint density at radius 2 is 1.96 bits per heavy atom. The van der Waals surface area contributed by atoms with Crippen LogP contribution >= 0.6 is 11.3 Å². The fourth-order valence-electron chi connectivity index (χ4n) is 3.31. The summed E-state index contributed by atoms with van der Waals surface area (Å²) in [7, 11) is 0. The maximum atomic E-state index is 12.7. The van der Waals surface area contributed by atoms with E-state index in [-0.39, 0.29) is 5.91 Å². The lowest BCUT2D eigenvalue weighted by molar-refractivity contribution is 0.0954. The van der Waals surface area contributed by atoms with E-state index in [1.54, 1.807) is 0 Å². The molecule has 2 heterocycles. The molecular formula is C22H23N3O2S. The fourth-order valence-corrected chi connectivity index (χ4v) is 4.30. The highest BCUT2D eigenvalue weighted by atomic mass is 32.1. The van der Waals surface area contributed by atoms with Crippen molar-refractivity contribution in [2.75, 3.05) is 6.61 Å². The van der Waals surface area contributed by atoms with Gasteiger partial charge in [-0.05, 0) is 54.8 Å². The quantitative estimate of drug-likeness (QED) is 0.663. The maximum absolute atomic E-state index is 12.7. The predicted octanol–water partition coefficient (Wildman–Crippen LogP) is 4.05. The van der Waals surface area contributed by atoms with Gasteiger partial charge in [-0.2, -0.15) is 0 Å². The number of rotatable bonds is 6. The van der Waals surface area contributed by atoms with Crippen LogP contribution in [0.25, 0.3) is 10.6 Å². The smallest absolute Gasteiger partial charge is 0.263 e. The van der Waals surface area contributed by atoms with Crippen molar-refractivity contribution in [1.29, 1.82) is 0 Å². The zero-order chi connectivity index (χ0) is 19.5. The first-order chi connectivity index (χ1) is 13.6. The minimum atomic E-state index is -0.0780. The predicted molar refractivity (Wildman–Crippen MR) is 112 cm³/mol. The van der Waals surface area contributed by atoms with Crippen molar-refractivity contribution in [2.45, 2.75) is 33.5 Å². The molecule has 0 saturated heterocycles. The fraction of sp³-hybridized carbons (Fsp3) is 0.273. The van der Waals surface area contributed by atoms with Crippen LogP contribution in [-0.2, 0) is 19.6 Å². The Morgan fingerprint density at radius 1 is 1.18 bits per heavy atom. The molecule has 1 aliphatic rings. The van der Waals surface area contributed by atoms with Crippen LogP contribution in [0, 0.1) is 6.92 Å². The Balaban J connectivity index is 1.44. The Bertz CT molecular complexity index is 996. The Kier molecular flexibility index (Phi) is 5.41. The molecule has 0 saturated carbocycles. The molecule has 1 aromatic heterocycles. The second-order valence-electron chi connectivity index (χ2n) is 6.78. The second kappa shape index (κ2) is 8.12. The van der Waals surface area contributed by atoms with Crippen LogP contribution in [0.3, 0.4) is 0 Å². The number of thiazole rings is 1. The van der Waals surface area contributed by atoms with Crippen LogP contribution < -0.4 is 15.4 Å². The van der Waals surface area contributed by atoms with Crippen LogP contribution in [0.4, 0.5) is 0 Å². The van der Waals surface area contributed by atoms with Gasteiger partial charge in [0, 0.05) is 25.2 Å². The summed E-state index contributed by atoms with van der Waals surface area (Å²) < 4.78 is 5.48. The SMILES string of the molecule is CCOc1ccc(-c2nc(C)c(C(=O)NCc3ccc4c(c3)CNC4)s2)cc1. The molecule has 0 bridgehead atoms. The van der Waals surface area contributed by atoms with Crippen molar-refractivity contribution in [3.63, 3.8) is 0 Å². The van der Waals surface area contributed by atoms with Crippen molar-refractivity contribution in [1.82, 2.24) is 15.6 Å². The first-order valence-electron chi connectivity index (χ1n) is 9.44. The van der Waals surface area contributed by atoms with E-state index in [1.807, 2.05) is 38.1 Å². The monoisotopic (exact) mass is 393 g/mol. The van der Waals surface area contributed by atoms with E-state index in [0.29, 0.717) is 18.0 Å². The molecule has 0 radical (unpaired) electrons. The number of aromatic nitrogens is 1. The minimum Gasteiger partial charge on any atom is -0.494 e. The van der Waals surface area contributed by atoms with Gasteiger partial charge in [0.1, 0.15) is 15.6 Å². The number of hydrogen-bond acceptors (Lipinski definition) is 5. The molecule has 6 heteroatoms. The summed E-state index contributed by atoms with van der Waals surface area (Å²) in [5.41, 5.74) is 5.52. The van der Waals surface area contributed by atoms with E-state index >= 15 is 0 Å². The van der Waals surface area contributed by atoms with Crippen molar-refractivity contribution in [3.8, 4) is 16.3 Å². The van der Waals surface area contributed by atoms with Crippen LogP contribution in [-0.4, -0.2) is 17.5 Å². The molecule has 2 aromatic carbocycles. The van der Waals surface area contributed by atoms with E-state index in [4.69, 9.17) is 4.74 Å². The number of amides is 1. The normalized spacial score (nSPS) is 12.6. The molecule has 144 valence electrons. The lowest BCUT2D eigenvalue weighted by atomic mass is 10.1. The van der Waals surface area contributed by atoms with Gasteiger partial charge < -0.3 is 15.4 Å². The second-order valence-corrected chi connectivity index (χ2v) is 7.78. The van der Waals surface area contributed by atoms with Crippen LogP contribution in [0.5, 0.6) is 5.75 Å². The third kappa shape index (κ3) is 3.93. The molecule has 1 aliphatic heterocycles. The van der Waals surface area contributed by atoms with Gasteiger partial charge >= 0.3 is 0 Å². The molecule has 4 rings (SSSR count).